The zero-order valence-electron chi connectivity index (χ0n) is 21.3. The van der Waals surface area contributed by atoms with Crippen molar-refractivity contribution >= 4 is 30.5 Å². The van der Waals surface area contributed by atoms with Crippen LogP contribution in [0.3, 0.4) is 0 Å². The van der Waals surface area contributed by atoms with Crippen LogP contribution in [-0.4, -0.2) is 52.8 Å². The average molecular weight is 502 g/mol. The summed E-state index contributed by atoms with van der Waals surface area (Å²) in [6, 6.07) is 5.18. The Kier molecular flexibility index (Phi) is 11.0. The molecule has 0 spiro atoms. The highest BCUT2D eigenvalue weighted by Gasteiger charge is 2.42. The number of carbonyl (C=O) groups excluding carboxylic acids is 3. The zero-order chi connectivity index (χ0) is 26.0. The van der Waals surface area contributed by atoms with E-state index in [0.717, 1.165) is 38.5 Å². The lowest BCUT2D eigenvalue weighted by atomic mass is 9.87. The average Bonchev–Trinajstić information content (AvgIpc) is 2.77. The van der Waals surface area contributed by atoms with Gasteiger partial charge in [0.25, 0.3) is 0 Å². The summed E-state index contributed by atoms with van der Waals surface area (Å²) < 4.78 is 5.35. The maximum absolute atomic E-state index is 13.9. The molecule has 2 atom stereocenters. The van der Waals surface area contributed by atoms with Crippen molar-refractivity contribution in [3.8, 4) is 12.3 Å². The normalized spacial score (nSPS) is 15.2. The molecule has 1 aliphatic carbocycles. The molecular weight excluding hydrogens is 462 g/mol. The number of benzene rings is 1. The molecule has 3 amide bonds. The van der Waals surface area contributed by atoms with Crippen molar-refractivity contribution in [2.24, 2.45) is 0 Å². The zero-order valence-corrected chi connectivity index (χ0v) is 22.2. The van der Waals surface area contributed by atoms with Crippen LogP contribution in [0.4, 0.5) is 4.79 Å². The molecule has 1 fully saturated rings. The summed E-state index contributed by atoms with van der Waals surface area (Å²) in [5.74, 6) is 2.06. The van der Waals surface area contributed by atoms with Crippen molar-refractivity contribution in [2.75, 3.05) is 12.3 Å². The van der Waals surface area contributed by atoms with E-state index in [4.69, 9.17) is 11.2 Å². The largest absolute Gasteiger partial charge is 0.444 e. The van der Waals surface area contributed by atoms with Crippen LogP contribution in [0.2, 0.25) is 0 Å². The predicted octanol–water partition coefficient (Wildman–Crippen LogP) is 4.22. The fourth-order valence-corrected chi connectivity index (χ4v) is 4.21. The van der Waals surface area contributed by atoms with Crippen LogP contribution in [-0.2, 0) is 14.3 Å². The van der Waals surface area contributed by atoms with Gasteiger partial charge in [-0.05, 0) is 58.1 Å². The Morgan fingerprint density at radius 1 is 1.23 bits per heavy atom. The molecule has 1 aromatic carbocycles. The Morgan fingerprint density at radius 2 is 1.91 bits per heavy atom. The van der Waals surface area contributed by atoms with Gasteiger partial charge in [-0.25, -0.2) is 4.79 Å². The molecule has 2 N–H and O–H groups in total. The number of ether oxygens (including phenoxy) is 1. The van der Waals surface area contributed by atoms with Crippen LogP contribution >= 0.6 is 12.6 Å². The number of nitrogens with one attached hydrogen (secondary N) is 2. The summed E-state index contributed by atoms with van der Waals surface area (Å²) in [6.07, 6.45) is 10.4. The Hall–Kier alpha value is -2.66. The van der Waals surface area contributed by atoms with Crippen molar-refractivity contribution < 1.29 is 19.1 Å². The molecule has 192 valence electrons. The fourth-order valence-electron chi connectivity index (χ4n) is 3.97. The number of amides is 3. The minimum Gasteiger partial charge on any atom is -0.444 e. The maximum Gasteiger partial charge on any atom is 0.408 e. The molecule has 2 unspecified atom stereocenters. The van der Waals surface area contributed by atoms with Gasteiger partial charge in [0.05, 0.1) is 0 Å². The molecule has 8 heteroatoms. The van der Waals surface area contributed by atoms with Crippen molar-refractivity contribution in [1.29, 1.82) is 0 Å². The number of nitrogens with zero attached hydrogens (tertiary/aromatic N) is 1. The molecular formula is C27H39N3O4S. The first-order chi connectivity index (χ1) is 16.6. The van der Waals surface area contributed by atoms with Gasteiger partial charge < -0.3 is 20.3 Å². The van der Waals surface area contributed by atoms with E-state index in [1.165, 1.54) is 0 Å². The number of hydrogen-bond acceptors (Lipinski definition) is 5. The smallest absolute Gasteiger partial charge is 0.408 e. The van der Waals surface area contributed by atoms with E-state index in [0.29, 0.717) is 17.7 Å². The lowest BCUT2D eigenvalue weighted by Crippen LogP contribution is -2.58. The first kappa shape index (κ1) is 28.6. The summed E-state index contributed by atoms with van der Waals surface area (Å²) in [5.41, 5.74) is 0.438. The monoisotopic (exact) mass is 501 g/mol. The van der Waals surface area contributed by atoms with Gasteiger partial charge in [0.15, 0.2) is 0 Å². The predicted molar refractivity (Wildman–Crippen MR) is 141 cm³/mol. The standard InChI is InChI=1S/C27H39N3O4S/c1-6-8-11-17-28-24(31)23(21-16-10-9-13-19(21)7-2)30(20-14-12-15-20)25(32)22(18-35)29-26(33)34-27(3,4)5/h2,9-10,13,16,20,22-23,35H,6,8,11-12,14-15,17-18H2,1,3-5H3,(H,28,31)(H,29,33). The van der Waals surface area contributed by atoms with Gasteiger partial charge in [-0.3, -0.25) is 9.59 Å². The van der Waals surface area contributed by atoms with Crippen LogP contribution in [0.25, 0.3) is 0 Å². The van der Waals surface area contributed by atoms with Gasteiger partial charge >= 0.3 is 6.09 Å². The second-order valence-corrected chi connectivity index (χ2v) is 10.2. The second kappa shape index (κ2) is 13.4. The van der Waals surface area contributed by atoms with Crippen LogP contribution in [0.1, 0.15) is 83.4 Å². The highest BCUT2D eigenvalue weighted by Crippen LogP contribution is 2.35. The van der Waals surface area contributed by atoms with Crippen LogP contribution in [0, 0.1) is 12.3 Å². The molecule has 0 radical (unpaired) electrons. The van der Waals surface area contributed by atoms with Crippen LogP contribution < -0.4 is 10.6 Å². The molecule has 7 nitrogen and oxygen atoms in total. The number of hydrogen-bond donors (Lipinski definition) is 3. The number of rotatable bonds is 11. The Morgan fingerprint density at radius 3 is 2.46 bits per heavy atom. The molecule has 35 heavy (non-hydrogen) atoms. The molecule has 2 rings (SSSR count). The van der Waals surface area contributed by atoms with E-state index in [-0.39, 0.29) is 23.6 Å². The van der Waals surface area contributed by atoms with E-state index >= 15 is 0 Å². The van der Waals surface area contributed by atoms with Gasteiger partial charge in [-0.2, -0.15) is 12.6 Å². The minimum atomic E-state index is -0.956. The lowest BCUT2D eigenvalue weighted by molar-refractivity contribution is -0.147. The van der Waals surface area contributed by atoms with Gasteiger partial charge in [0.2, 0.25) is 11.8 Å². The van der Waals surface area contributed by atoms with Gasteiger partial charge in [-0.15, -0.1) is 6.42 Å². The lowest BCUT2D eigenvalue weighted by Gasteiger charge is -2.43. The second-order valence-electron chi connectivity index (χ2n) is 9.84. The van der Waals surface area contributed by atoms with Gasteiger partial charge in [0, 0.05) is 23.9 Å². The summed E-state index contributed by atoms with van der Waals surface area (Å²) in [5, 5.41) is 5.64. The SMILES string of the molecule is C#Cc1ccccc1C(C(=O)NCCCCC)N(C(=O)C(CS)NC(=O)OC(C)(C)C)C1CCC1. The fraction of sp³-hybridized carbons (Fsp3) is 0.593. The van der Waals surface area contributed by atoms with Crippen LogP contribution in [0.15, 0.2) is 24.3 Å². The maximum atomic E-state index is 13.9. The molecule has 1 saturated carbocycles. The number of carbonyl (C=O) groups is 3. The topological polar surface area (TPSA) is 87.7 Å². The summed E-state index contributed by atoms with van der Waals surface area (Å²) in [6.45, 7) is 7.86. The third-order valence-corrected chi connectivity index (χ3v) is 6.28. The molecule has 0 saturated heterocycles. The molecule has 0 aliphatic heterocycles. The number of terminal acetylenes is 1. The van der Waals surface area contributed by atoms with Crippen molar-refractivity contribution in [3.63, 3.8) is 0 Å². The highest BCUT2D eigenvalue weighted by molar-refractivity contribution is 7.80. The summed E-state index contributed by atoms with van der Waals surface area (Å²) in [7, 11) is 0. The molecule has 0 heterocycles. The van der Waals surface area contributed by atoms with E-state index in [2.05, 4.69) is 36.1 Å². The number of thiol groups is 1. The third-order valence-electron chi connectivity index (χ3n) is 5.91. The number of alkyl carbamates (subject to hydrolysis) is 1. The van der Waals surface area contributed by atoms with E-state index < -0.39 is 23.8 Å². The minimum absolute atomic E-state index is 0.0585. The number of unbranched alkanes of at least 4 members (excludes halogenated alkanes) is 2. The van der Waals surface area contributed by atoms with Gasteiger partial charge in [-0.1, -0.05) is 43.9 Å². The Labute approximate surface area is 215 Å². The van der Waals surface area contributed by atoms with Crippen LogP contribution in [0.5, 0.6) is 0 Å². The summed E-state index contributed by atoms with van der Waals surface area (Å²) in [4.78, 5) is 41.5. The first-order valence-electron chi connectivity index (χ1n) is 12.4. The van der Waals surface area contributed by atoms with Crippen molar-refractivity contribution in [3.05, 3.63) is 35.4 Å². The van der Waals surface area contributed by atoms with E-state index in [9.17, 15) is 14.4 Å². The third kappa shape index (κ3) is 8.21. The highest BCUT2D eigenvalue weighted by atomic mass is 32.1. The van der Waals surface area contributed by atoms with Crippen molar-refractivity contribution in [1.82, 2.24) is 15.5 Å². The van der Waals surface area contributed by atoms with Crippen molar-refractivity contribution in [2.45, 2.75) is 89.9 Å². The molecule has 0 bridgehead atoms. The Balaban J connectivity index is 2.42. The Bertz CT molecular complexity index is 918. The van der Waals surface area contributed by atoms with E-state index in [1.54, 1.807) is 37.8 Å². The van der Waals surface area contributed by atoms with Gasteiger partial charge in [0.1, 0.15) is 17.7 Å². The first-order valence-corrected chi connectivity index (χ1v) is 13.0. The molecule has 1 aliphatic rings. The van der Waals surface area contributed by atoms with E-state index in [1.807, 2.05) is 12.1 Å². The summed E-state index contributed by atoms with van der Waals surface area (Å²) >= 11 is 4.33. The molecule has 0 aromatic heterocycles. The molecule has 1 aromatic rings. The quantitative estimate of drug-likeness (QED) is 0.241.